The number of carboxylic acid groups (broad SMARTS) is 1. The molecule has 1 N–H and O–H groups in total. The molecule has 1 aliphatic rings. The van der Waals surface area contributed by atoms with Crippen LogP contribution < -0.4 is 0 Å². The molecule has 1 fully saturated rings. The highest BCUT2D eigenvalue weighted by Gasteiger charge is 2.38. The van der Waals surface area contributed by atoms with Gasteiger partial charge in [-0.15, -0.1) is 11.3 Å². The molecule has 2 amide bonds. The minimum Gasteiger partial charge on any atom is -0.479 e. The largest absolute Gasteiger partial charge is 0.479 e. The molecule has 0 aromatic carbocycles. The summed E-state index contributed by atoms with van der Waals surface area (Å²) in [7, 11) is 0. The Morgan fingerprint density at radius 3 is 2.47 bits per heavy atom. The van der Waals surface area contributed by atoms with Gasteiger partial charge >= 0.3 is 5.97 Å². The lowest BCUT2D eigenvalue weighted by atomic mass is 10.1. The van der Waals surface area contributed by atoms with Gasteiger partial charge in [0, 0.05) is 17.7 Å². The van der Waals surface area contributed by atoms with E-state index in [0.29, 0.717) is 11.3 Å². The number of rotatable bonds is 3. The fraction of sp³-hybridized carbons (Fsp3) is 0.364. The van der Waals surface area contributed by atoms with Crippen molar-refractivity contribution in [2.75, 3.05) is 0 Å². The van der Waals surface area contributed by atoms with Gasteiger partial charge in [0.2, 0.25) is 11.8 Å². The Morgan fingerprint density at radius 1 is 1.35 bits per heavy atom. The van der Waals surface area contributed by atoms with E-state index in [0.717, 1.165) is 4.90 Å². The number of aliphatic carboxylic acids is 1. The standard InChI is InChI=1S/C11H11NO4S/c13-8-4-1-5-9(14)12(8)10(11(15)16)7-3-2-6-17-7/h2-3,6,10H,1,4-5H2,(H,15,16). The van der Waals surface area contributed by atoms with Crippen LogP contribution in [0.25, 0.3) is 0 Å². The number of likely N-dealkylation sites (tertiary alicyclic amines) is 1. The highest BCUT2D eigenvalue weighted by atomic mass is 32.1. The van der Waals surface area contributed by atoms with Crippen molar-refractivity contribution in [2.45, 2.75) is 25.3 Å². The molecule has 17 heavy (non-hydrogen) atoms. The van der Waals surface area contributed by atoms with Crippen LogP contribution in [0.5, 0.6) is 0 Å². The zero-order chi connectivity index (χ0) is 12.4. The van der Waals surface area contributed by atoms with Crippen molar-refractivity contribution in [3.8, 4) is 0 Å². The lowest BCUT2D eigenvalue weighted by Gasteiger charge is -2.29. The summed E-state index contributed by atoms with van der Waals surface area (Å²) in [5, 5.41) is 10.9. The minimum absolute atomic E-state index is 0.237. The first-order valence-corrected chi connectivity index (χ1v) is 6.10. The normalized spacial score (nSPS) is 18.2. The Bertz CT molecular complexity index is 438. The molecule has 1 saturated heterocycles. The topological polar surface area (TPSA) is 74.7 Å². The first-order chi connectivity index (χ1) is 8.11. The average molecular weight is 253 g/mol. The van der Waals surface area contributed by atoms with Gasteiger partial charge < -0.3 is 5.11 Å². The van der Waals surface area contributed by atoms with Gasteiger partial charge in [-0.3, -0.25) is 14.5 Å². The third-order valence-corrected chi connectivity index (χ3v) is 3.55. The molecular formula is C11H11NO4S. The maximum absolute atomic E-state index is 11.7. The maximum atomic E-state index is 11.7. The molecule has 2 heterocycles. The lowest BCUT2D eigenvalue weighted by Crippen LogP contribution is -2.45. The maximum Gasteiger partial charge on any atom is 0.332 e. The molecule has 1 unspecified atom stereocenters. The molecule has 6 heteroatoms. The minimum atomic E-state index is -1.17. The quantitative estimate of drug-likeness (QED) is 0.826. The number of nitrogens with zero attached hydrogens (tertiary/aromatic N) is 1. The number of carbonyl (C=O) groups excluding carboxylic acids is 2. The van der Waals surface area contributed by atoms with E-state index in [2.05, 4.69) is 0 Å². The number of thiophene rings is 1. The lowest BCUT2D eigenvalue weighted by molar-refractivity contribution is -0.160. The van der Waals surface area contributed by atoms with Crippen molar-refractivity contribution < 1.29 is 19.5 Å². The summed E-state index contributed by atoms with van der Waals surface area (Å²) in [4.78, 5) is 36.0. The molecule has 0 bridgehead atoms. The van der Waals surface area contributed by atoms with Crippen molar-refractivity contribution in [3.63, 3.8) is 0 Å². The van der Waals surface area contributed by atoms with E-state index < -0.39 is 23.8 Å². The van der Waals surface area contributed by atoms with Crippen LogP contribution in [0.1, 0.15) is 30.2 Å². The summed E-state index contributed by atoms with van der Waals surface area (Å²) in [5.74, 6) is -1.97. The predicted octanol–water partition coefficient (Wildman–Crippen LogP) is 1.41. The summed E-state index contributed by atoms with van der Waals surface area (Å²) in [5.41, 5.74) is 0. The van der Waals surface area contributed by atoms with Crippen LogP contribution in [0.15, 0.2) is 17.5 Å². The first kappa shape index (κ1) is 11.8. The second-order valence-corrected chi connectivity index (χ2v) is 4.75. The van der Waals surface area contributed by atoms with Gasteiger partial charge in [-0.2, -0.15) is 0 Å². The molecule has 1 atom stereocenters. The summed E-state index contributed by atoms with van der Waals surface area (Å²) >= 11 is 1.23. The molecule has 90 valence electrons. The van der Waals surface area contributed by atoms with Crippen molar-refractivity contribution in [3.05, 3.63) is 22.4 Å². The third kappa shape index (κ3) is 2.21. The Kier molecular flexibility index (Phi) is 3.23. The number of hydrogen-bond acceptors (Lipinski definition) is 4. The van der Waals surface area contributed by atoms with Crippen LogP contribution in [0, 0.1) is 0 Å². The van der Waals surface area contributed by atoms with Gasteiger partial charge in [-0.1, -0.05) is 6.07 Å². The van der Waals surface area contributed by atoms with Crippen LogP contribution in [-0.2, 0) is 14.4 Å². The Labute approximate surface area is 102 Å². The van der Waals surface area contributed by atoms with Crippen molar-refractivity contribution in [1.29, 1.82) is 0 Å². The number of carboxylic acids is 1. The second kappa shape index (κ2) is 4.67. The van der Waals surface area contributed by atoms with E-state index in [1.807, 2.05) is 0 Å². The van der Waals surface area contributed by atoms with Gasteiger partial charge in [0.1, 0.15) is 0 Å². The fourth-order valence-electron chi connectivity index (χ4n) is 1.87. The van der Waals surface area contributed by atoms with E-state index in [-0.39, 0.29) is 12.8 Å². The van der Waals surface area contributed by atoms with Gasteiger partial charge in [0.15, 0.2) is 6.04 Å². The third-order valence-electron chi connectivity index (χ3n) is 2.62. The molecular weight excluding hydrogens is 242 g/mol. The second-order valence-electron chi connectivity index (χ2n) is 3.77. The summed E-state index contributed by atoms with van der Waals surface area (Å²) in [6, 6.07) is 2.16. The van der Waals surface area contributed by atoms with E-state index >= 15 is 0 Å². The number of amides is 2. The van der Waals surface area contributed by atoms with Gasteiger partial charge in [0.25, 0.3) is 0 Å². The molecule has 0 radical (unpaired) electrons. The smallest absolute Gasteiger partial charge is 0.332 e. The number of carbonyl (C=O) groups is 3. The van der Waals surface area contributed by atoms with Gasteiger partial charge in [-0.05, 0) is 17.9 Å². The number of piperidine rings is 1. The summed E-state index contributed by atoms with van der Waals surface area (Å²) in [6.07, 6.45) is 0.979. The van der Waals surface area contributed by atoms with Crippen molar-refractivity contribution >= 4 is 29.1 Å². The zero-order valence-electron chi connectivity index (χ0n) is 8.96. The van der Waals surface area contributed by atoms with Crippen molar-refractivity contribution in [2.24, 2.45) is 0 Å². The molecule has 0 saturated carbocycles. The molecule has 1 aromatic heterocycles. The van der Waals surface area contributed by atoms with E-state index in [1.165, 1.54) is 11.3 Å². The van der Waals surface area contributed by atoms with Crippen LogP contribution in [-0.4, -0.2) is 27.8 Å². The molecule has 1 aliphatic heterocycles. The zero-order valence-corrected chi connectivity index (χ0v) is 9.77. The van der Waals surface area contributed by atoms with E-state index in [9.17, 15) is 19.5 Å². The number of hydrogen-bond donors (Lipinski definition) is 1. The monoisotopic (exact) mass is 253 g/mol. The van der Waals surface area contributed by atoms with Crippen LogP contribution in [0.3, 0.4) is 0 Å². The van der Waals surface area contributed by atoms with Gasteiger partial charge in [0.05, 0.1) is 0 Å². The van der Waals surface area contributed by atoms with E-state index in [4.69, 9.17) is 0 Å². The van der Waals surface area contributed by atoms with Gasteiger partial charge in [-0.25, -0.2) is 4.79 Å². The molecule has 1 aromatic rings. The first-order valence-electron chi connectivity index (χ1n) is 5.22. The molecule has 2 rings (SSSR count). The number of imide groups is 1. The fourth-order valence-corrected chi connectivity index (χ4v) is 2.67. The SMILES string of the molecule is O=C(O)C(c1cccs1)N1C(=O)CCCC1=O. The molecule has 5 nitrogen and oxygen atoms in total. The van der Waals surface area contributed by atoms with E-state index in [1.54, 1.807) is 17.5 Å². The van der Waals surface area contributed by atoms with Crippen molar-refractivity contribution in [1.82, 2.24) is 4.90 Å². The highest BCUT2D eigenvalue weighted by molar-refractivity contribution is 7.10. The Morgan fingerprint density at radius 2 is 2.00 bits per heavy atom. The predicted molar refractivity (Wildman–Crippen MR) is 60.4 cm³/mol. The Balaban J connectivity index is 2.36. The molecule has 0 aliphatic carbocycles. The Hall–Kier alpha value is -1.69. The van der Waals surface area contributed by atoms with Crippen LogP contribution in [0.4, 0.5) is 0 Å². The highest BCUT2D eigenvalue weighted by Crippen LogP contribution is 2.29. The van der Waals surface area contributed by atoms with Crippen LogP contribution in [0.2, 0.25) is 0 Å². The average Bonchev–Trinajstić information content (AvgIpc) is 2.76. The molecule has 0 spiro atoms. The summed E-state index contributed by atoms with van der Waals surface area (Å²) in [6.45, 7) is 0. The summed E-state index contributed by atoms with van der Waals surface area (Å²) < 4.78 is 0. The van der Waals surface area contributed by atoms with Crippen LogP contribution >= 0.6 is 11.3 Å².